The van der Waals surface area contributed by atoms with Crippen molar-refractivity contribution in [3.05, 3.63) is 22.6 Å². The van der Waals surface area contributed by atoms with E-state index in [0.29, 0.717) is 12.3 Å². The molecule has 0 spiro atoms. The molecule has 0 aromatic carbocycles. The van der Waals surface area contributed by atoms with Crippen LogP contribution < -0.4 is 15.8 Å². The zero-order valence-corrected chi connectivity index (χ0v) is 13.5. The van der Waals surface area contributed by atoms with E-state index in [1.165, 1.54) is 4.68 Å². The third-order valence-corrected chi connectivity index (χ3v) is 4.20. The first-order valence-corrected chi connectivity index (χ1v) is 8.15. The summed E-state index contributed by atoms with van der Waals surface area (Å²) in [6.07, 6.45) is 6.61. The van der Waals surface area contributed by atoms with Gasteiger partial charge in [0.2, 0.25) is 5.91 Å². The average Bonchev–Trinajstić information content (AvgIpc) is 2.97. The molecule has 6 heteroatoms. The second-order valence-corrected chi connectivity index (χ2v) is 6.04. The van der Waals surface area contributed by atoms with Crippen molar-refractivity contribution in [1.29, 1.82) is 0 Å². The number of nitrogens with zero attached hydrogens (tertiary/aromatic N) is 3. The zero-order chi connectivity index (χ0) is 15.9. The number of carbonyl (C=O) groups excluding carboxylic acids is 1. The number of amides is 1. The van der Waals surface area contributed by atoms with Crippen LogP contribution in [0.4, 0.5) is 5.69 Å². The van der Waals surface area contributed by atoms with Crippen LogP contribution in [0.2, 0.25) is 0 Å². The molecule has 6 nitrogen and oxygen atoms in total. The quantitative estimate of drug-likeness (QED) is 0.771. The molecule has 1 saturated heterocycles. The molecule has 1 aliphatic heterocycles. The molecule has 2 rings (SSSR count). The van der Waals surface area contributed by atoms with Gasteiger partial charge in [-0.15, -0.1) is 0 Å². The van der Waals surface area contributed by atoms with E-state index in [1.807, 2.05) is 0 Å². The summed E-state index contributed by atoms with van der Waals surface area (Å²) in [5, 5.41) is 7.09. The molecule has 122 valence electrons. The summed E-state index contributed by atoms with van der Waals surface area (Å²) in [6.45, 7) is 4.63. The number of rotatable bonds is 7. The Bertz CT molecular complexity index is 555. The van der Waals surface area contributed by atoms with Crippen LogP contribution in [-0.4, -0.2) is 35.3 Å². The zero-order valence-electron chi connectivity index (χ0n) is 13.5. The van der Waals surface area contributed by atoms with Crippen molar-refractivity contribution in [2.45, 2.75) is 39.0 Å². The highest BCUT2D eigenvalue weighted by molar-refractivity contribution is 5.75. The van der Waals surface area contributed by atoms with Gasteiger partial charge in [0.1, 0.15) is 0 Å². The molecule has 1 aliphatic rings. The standard InChI is InChI=1S/C16H26N4O2/c1-3-4-5-6-15(21)17-10-13-7-8-20(12-13)14-9-16(22)19(2)18-11-14/h9,11,13H,3-8,10,12H2,1-2H3,(H,17,21). The van der Waals surface area contributed by atoms with Gasteiger partial charge >= 0.3 is 0 Å². The highest BCUT2D eigenvalue weighted by Gasteiger charge is 2.23. The summed E-state index contributed by atoms with van der Waals surface area (Å²) in [5.41, 5.74) is 0.782. The van der Waals surface area contributed by atoms with E-state index in [2.05, 4.69) is 22.2 Å². The van der Waals surface area contributed by atoms with Gasteiger partial charge < -0.3 is 10.2 Å². The molecule has 1 aromatic rings. The topological polar surface area (TPSA) is 67.2 Å². The van der Waals surface area contributed by atoms with Crippen LogP contribution in [0.1, 0.15) is 39.0 Å². The lowest BCUT2D eigenvalue weighted by atomic mass is 10.1. The number of unbranched alkanes of at least 4 members (excludes halogenated alkanes) is 2. The molecule has 1 amide bonds. The smallest absolute Gasteiger partial charge is 0.268 e. The first kappa shape index (κ1) is 16.5. The fourth-order valence-corrected chi connectivity index (χ4v) is 2.75. The maximum Gasteiger partial charge on any atom is 0.268 e. The van der Waals surface area contributed by atoms with Crippen LogP contribution in [0.3, 0.4) is 0 Å². The summed E-state index contributed by atoms with van der Waals surface area (Å²) in [7, 11) is 1.65. The maximum absolute atomic E-state index is 11.7. The van der Waals surface area contributed by atoms with Crippen LogP contribution in [0.5, 0.6) is 0 Å². The van der Waals surface area contributed by atoms with Crippen LogP contribution in [-0.2, 0) is 11.8 Å². The number of aromatic nitrogens is 2. The second kappa shape index (κ2) is 7.96. The Hall–Kier alpha value is -1.85. The van der Waals surface area contributed by atoms with Crippen molar-refractivity contribution in [2.75, 3.05) is 24.5 Å². The number of anilines is 1. The minimum atomic E-state index is -0.0924. The van der Waals surface area contributed by atoms with Gasteiger partial charge in [-0.1, -0.05) is 19.8 Å². The molecule has 0 bridgehead atoms. The predicted octanol–water partition coefficient (Wildman–Crippen LogP) is 1.30. The van der Waals surface area contributed by atoms with Crippen molar-refractivity contribution in [2.24, 2.45) is 13.0 Å². The van der Waals surface area contributed by atoms with Crippen molar-refractivity contribution >= 4 is 11.6 Å². The molecule has 0 aliphatic carbocycles. The monoisotopic (exact) mass is 306 g/mol. The van der Waals surface area contributed by atoms with Gasteiger partial charge in [-0.05, 0) is 18.8 Å². The molecule has 0 saturated carbocycles. The minimum Gasteiger partial charge on any atom is -0.370 e. The summed E-state index contributed by atoms with van der Waals surface area (Å²) in [4.78, 5) is 25.5. The molecular formula is C16H26N4O2. The SMILES string of the molecule is CCCCCC(=O)NCC1CCN(c2cnn(C)c(=O)c2)C1. The molecule has 0 radical (unpaired) electrons. The van der Waals surface area contributed by atoms with E-state index in [1.54, 1.807) is 19.3 Å². The largest absolute Gasteiger partial charge is 0.370 e. The van der Waals surface area contributed by atoms with E-state index >= 15 is 0 Å². The lowest BCUT2D eigenvalue weighted by Gasteiger charge is -2.18. The van der Waals surface area contributed by atoms with Gasteiger partial charge in [0.15, 0.2) is 0 Å². The number of hydrogen-bond donors (Lipinski definition) is 1. The summed E-state index contributed by atoms with van der Waals surface area (Å²) < 4.78 is 1.33. The van der Waals surface area contributed by atoms with Crippen LogP contribution in [0, 0.1) is 5.92 Å². The normalized spacial score (nSPS) is 17.7. The molecule has 1 atom stereocenters. The Morgan fingerprint density at radius 1 is 1.45 bits per heavy atom. The number of aryl methyl sites for hydroxylation is 1. The summed E-state index contributed by atoms with van der Waals surface area (Å²) in [5.74, 6) is 0.598. The second-order valence-electron chi connectivity index (χ2n) is 6.04. The molecule has 22 heavy (non-hydrogen) atoms. The minimum absolute atomic E-state index is 0.0924. The Morgan fingerprint density at radius 3 is 3.00 bits per heavy atom. The fourth-order valence-electron chi connectivity index (χ4n) is 2.75. The first-order valence-electron chi connectivity index (χ1n) is 8.15. The molecule has 2 heterocycles. The lowest BCUT2D eigenvalue weighted by molar-refractivity contribution is -0.121. The van der Waals surface area contributed by atoms with Gasteiger partial charge in [0.25, 0.3) is 5.56 Å². The highest BCUT2D eigenvalue weighted by Crippen LogP contribution is 2.21. The molecule has 1 N–H and O–H groups in total. The van der Waals surface area contributed by atoms with E-state index in [-0.39, 0.29) is 11.5 Å². The third kappa shape index (κ3) is 4.58. The Labute approximate surface area is 131 Å². The van der Waals surface area contributed by atoms with Crippen LogP contribution in [0.15, 0.2) is 17.1 Å². The predicted molar refractivity (Wildman–Crippen MR) is 86.9 cm³/mol. The van der Waals surface area contributed by atoms with Crippen LogP contribution >= 0.6 is 0 Å². The van der Waals surface area contributed by atoms with E-state index in [0.717, 1.165) is 51.0 Å². The van der Waals surface area contributed by atoms with Crippen molar-refractivity contribution < 1.29 is 4.79 Å². The van der Waals surface area contributed by atoms with Crippen molar-refractivity contribution in [3.8, 4) is 0 Å². The fraction of sp³-hybridized carbons (Fsp3) is 0.688. The Morgan fingerprint density at radius 2 is 2.27 bits per heavy atom. The van der Waals surface area contributed by atoms with E-state index in [9.17, 15) is 9.59 Å². The average molecular weight is 306 g/mol. The van der Waals surface area contributed by atoms with Crippen molar-refractivity contribution in [3.63, 3.8) is 0 Å². The lowest BCUT2D eigenvalue weighted by Crippen LogP contribution is -2.31. The Kier molecular flexibility index (Phi) is 5.98. The van der Waals surface area contributed by atoms with Crippen molar-refractivity contribution in [1.82, 2.24) is 15.1 Å². The molecular weight excluding hydrogens is 280 g/mol. The van der Waals surface area contributed by atoms with Gasteiger partial charge in [-0.2, -0.15) is 5.10 Å². The van der Waals surface area contributed by atoms with Gasteiger partial charge in [0.05, 0.1) is 11.9 Å². The number of carbonyl (C=O) groups is 1. The number of nitrogens with one attached hydrogen (secondary N) is 1. The Balaban J connectivity index is 1.76. The summed E-state index contributed by atoms with van der Waals surface area (Å²) in [6, 6.07) is 1.62. The number of hydrogen-bond acceptors (Lipinski definition) is 4. The molecule has 1 unspecified atom stereocenters. The van der Waals surface area contributed by atoms with Gasteiger partial charge in [-0.25, -0.2) is 4.68 Å². The highest BCUT2D eigenvalue weighted by atomic mass is 16.1. The van der Waals surface area contributed by atoms with E-state index in [4.69, 9.17) is 0 Å². The summed E-state index contributed by atoms with van der Waals surface area (Å²) >= 11 is 0. The van der Waals surface area contributed by atoms with Crippen LogP contribution in [0.25, 0.3) is 0 Å². The van der Waals surface area contributed by atoms with E-state index < -0.39 is 0 Å². The third-order valence-electron chi connectivity index (χ3n) is 4.20. The van der Waals surface area contributed by atoms with Gasteiger partial charge in [-0.3, -0.25) is 9.59 Å². The molecule has 1 aromatic heterocycles. The first-order chi connectivity index (χ1) is 10.6. The molecule has 1 fully saturated rings. The van der Waals surface area contributed by atoms with Gasteiger partial charge in [0, 0.05) is 39.2 Å². The maximum atomic E-state index is 11.7.